The molecule has 8 heteroatoms. The molecule has 0 unspecified atom stereocenters. The lowest BCUT2D eigenvalue weighted by Gasteiger charge is -2.01. The summed E-state index contributed by atoms with van der Waals surface area (Å²) in [7, 11) is 0. The number of nitrogens with one attached hydrogen (secondary N) is 1. The molecule has 0 fully saturated rings. The first-order chi connectivity index (χ1) is 12.9. The summed E-state index contributed by atoms with van der Waals surface area (Å²) in [4.78, 5) is 27.5. The van der Waals surface area contributed by atoms with Gasteiger partial charge in [0.1, 0.15) is 5.82 Å². The molecule has 3 rings (SSSR count). The first-order valence-corrected chi connectivity index (χ1v) is 8.19. The summed E-state index contributed by atoms with van der Waals surface area (Å²) in [6.45, 7) is 3.82. The van der Waals surface area contributed by atoms with Gasteiger partial charge in [0.05, 0.1) is 22.7 Å². The number of benzene rings is 2. The van der Waals surface area contributed by atoms with Crippen LogP contribution in [-0.2, 0) is 6.54 Å². The number of halogens is 1. The standard InChI is InChI=1S/C19H17FN4O3/c1-12(21-11-14-3-5-15(20)6-4-14)18-13(2)22-23(19(18)25)16-7-9-17(10-8-16)24(26)27/h3-10,22H,11H2,1-2H3. The number of H-pyrrole nitrogens is 1. The summed E-state index contributed by atoms with van der Waals surface area (Å²) in [5.41, 5.74) is 2.62. The van der Waals surface area contributed by atoms with Crippen LogP contribution < -0.4 is 5.56 Å². The molecule has 0 spiro atoms. The minimum atomic E-state index is -0.496. The highest BCUT2D eigenvalue weighted by Gasteiger charge is 2.15. The van der Waals surface area contributed by atoms with E-state index in [-0.39, 0.29) is 17.1 Å². The number of aromatic nitrogens is 2. The van der Waals surface area contributed by atoms with E-state index in [4.69, 9.17) is 0 Å². The first kappa shape index (κ1) is 18.2. The Hall–Kier alpha value is -3.55. The Morgan fingerprint density at radius 2 is 1.81 bits per heavy atom. The second-order valence-corrected chi connectivity index (χ2v) is 6.05. The van der Waals surface area contributed by atoms with Gasteiger partial charge in [-0.3, -0.25) is 25.0 Å². The topological polar surface area (TPSA) is 93.3 Å². The molecule has 7 nitrogen and oxygen atoms in total. The molecule has 0 bridgehead atoms. The van der Waals surface area contributed by atoms with Crippen LogP contribution in [0.5, 0.6) is 0 Å². The molecule has 138 valence electrons. The van der Waals surface area contributed by atoms with E-state index in [2.05, 4.69) is 10.1 Å². The van der Waals surface area contributed by atoms with Gasteiger partial charge in [-0.25, -0.2) is 9.07 Å². The molecule has 0 saturated heterocycles. The molecule has 27 heavy (non-hydrogen) atoms. The van der Waals surface area contributed by atoms with Crippen LogP contribution >= 0.6 is 0 Å². The summed E-state index contributed by atoms with van der Waals surface area (Å²) in [5, 5.41) is 13.7. The van der Waals surface area contributed by atoms with Crippen molar-refractivity contribution in [1.82, 2.24) is 9.78 Å². The Bertz CT molecular complexity index is 1060. The molecule has 3 aromatic rings. The number of non-ortho nitro benzene ring substituents is 1. The molecular weight excluding hydrogens is 351 g/mol. The summed E-state index contributed by atoms with van der Waals surface area (Å²) in [6, 6.07) is 11.7. The third kappa shape index (κ3) is 3.84. The number of hydrogen-bond acceptors (Lipinski definition) is 4. The molecule has 1 N–H and O–H groups in total. The van der Waals surface area contributed by atoms with Crippen LogP contribution in [0.3, 0.4) is 0 Å². The molecule has 0 aliphatic heterocycles. The van der Waals surface area contributed by atoms with Crippen molar-refractivity contribution in [3.63, 3.8) is 0 Å². The van der Waals surface area contributed by atoms with E-state index in [0.717, 1.165) is 5.56 Å². The van der Waals surface area contributed by atoms with Gasteiger partial charge in [-0.1, -0.05) is 12.1 Å². The molecular formula is C19H17FN4O3. The smallest absolute Gasteiger partial charge is 0.280 e. The van der Waals surface area contributed by atoms with Gasteiger partial charge in [-0.2, -0.15) is 0 Å². The molecule has 0 amide bonds. The molecule has 0 atom stereocenters. The Labute approximate surface area is 153 Å². The number of nitrogens with zero attached hydrogens (tertiary/aromatic N) is 3. The molecule has 0 saturated carbocycles. The van der Waals surface area contributed by atoms with Gasteiger partial charge in [0.2, 0.25) is 0 Å². The number of nitro benzene ring substituents is 1. The van der Waals surface area contributed by atoms with Gasteiger partial charge in [0.15, 0.2) is 0 Å². The summed E-state index contributed by atoms with van der Waals surface area (Å²) < 4.78 is 14.3. The third-order valence-corrected chi connectivity index (χ3v) is 4.16. The fourth-order valence-electron chi connectivity index (χ4n) is 2.76. The summed E-state index contributed by atoms with van der Waals surface area (Å²) in [6.07, 6.45) is 0. The molecule has 0 aliphatic rings. The Morgan fingerprint density at radius 3 is 2.41 bits per heavy atom. The number of rotatable bonds is 5. The van der Waals surface area contributed by atoms with E-state index in [1.807, 2.05) is 0 Å². The maximum absolute atomic E-state index is 13.0. The van der Waals surface area contributed by atoms with Gasteiger partial charge < -0.3 is 0 Å². The number of aromatic amines is 1. The molecule has 0 aliphatic carbocycles. The number of aliphatic imine (C=N–C) groups is 1. The zero-order chi connectivity index (χ0) is 19.6. The van der Waals surface area contributed by atoms with E-state index in [9.17, 15) is 19.3 Å². The largest absolute Gasteiger partial charge is 0.295 e. The van der Waals surface area contributed by atoms with Crippen LogP contribution in [0.15, 0.2) is 58.3 Å². The van der Waals surface area contributed by atoms with Gasteiger partial charge in [0.25, 0.3) is 11.2 Å². The van der Waals surface area contributed by atoms with Crippen LogP contribution in [0, 0.1) is 22.9 Å². The summed E-state index contributed by atoms with van der Waals surface area (Å²) >= 11 is 0. The molecule has 0 radical (unpaired) electrons. The van der Waals surface area contributed by atoms with E-state index >= 15 is 0 Å². The lowest BCUT2D eigenvalue weighted by atomic mass is 10.1. The van der Waals surface area contributed by atoms with Crippen molar-refractivity contribution >= 4 is 11.4 Å². The molecule has 1 heterocycles. The highest BCUT2D eigenvalue weighted by molar-refractivity contribution is 5.99. The predicted molar refractivity (Wildman–Crippen MR) is 100 cm³/mol. The lowest BCUT2D eigenvalue weighted by Crippen LogP contribution is -2.19. The predicted octanol–water partition coefficient (Wildman–Crippen LogP) is 3.53. The van der Waals surface area contributed by atoms with Crippen molar-refractivity contribution in [3.05, 3.63) is 91.6 Å². The van der Waals surface area contributed by atoms with Gasteiger partial charge in [0, 0.05) is 23.5 Å². The van der Waals surface area contributed by atoms with Crippen LogP contribution in [0.2, 0.25) is 0 Å². The van der Waals surface area contributed by atoms with Gasteiger partial charge in [-0.15, -0.1) is 0 Å². The van der Waals surface area contributed by atoms with E-state index in [0.29, 0.717) is 29.2 Å². The van der Waals surface area contributed by atoms with Crippen molar-refractivity contribution in [2.45, 2.75) is 20.4 Å². The molecule has 2 aromatic carbocycles. The van der Waals surface area contributed by atoms with Crippen LogP contribution in [0.1, 0.15) is 23.7 Å². The Morgan fingerprint density at radius 1 is 1.19 bits per heavy atom. The highest BCUT2D eigenvalue weighted by atomic mass is 19.1. The van der Waals surface area contributed by atoms with Gasteiger partial charge in [-0.05, 0) is 43.7 Å². The van der Waals surface area contributed by atoms with Crippen LogP contribution in [0.4, 0.5) is 10.1 Å². The van der Waals surface area contributed by atoms with Crippen molar-refractivity contribution in [2.75, 3.05) is 0 Å². The number of aryl methyl sites for hydroxylation is 1. The quantitative estimate of drug-likeness (QED) is 0.424. The van der Waals surface area contributed by atoms with E-state index < -0.39 is 4.92 Å². The maximum atomic E-state index is 13.0. The third-order valence-electron chi connectivity index (χ3n) is 4.16. The zero-order valence-electron chi connectivity index (χ0n) is 14.8. The Kier molecular flexibility index (Phi) is 4.98. The van der Waals surface area contributed by atoms with E-state index in [1.54, 1.807) is 26.0 Å². The summed E-state index contributed by atoms with van der Waals surface area (Å²) in [5.74, 6) is -0.313. The SMILES string of the molecule is CC(=NCc1ccc(F)cc1)c1c(C)[nH]n(-c2ccc([N+](=O)[O-])cc2)c1=O. The van der Waals surface area contributed by atoms with Crippen molar-refractivity contribution in [2.24, 2.45) is 4.99 Å². The fourth-order valence-corrected chi connectivity index (χ4v) is 2.76. The van der Waals surface area contributed by atoms with E-state index in [1.165, 1.54) is 41.1 Å². The minimum absolute atomic E-state index is 0.0488. The monoisotopic (exact) mass is 368 g/mol. The lowest BCUT2D eigenvalue weighted by molar-refractivity contribution is -0.384. The number of hydrogen-bond donors (Lipinski definition) is 1. The normalized spacial score (nSPS) is 11.6. The van der Waals surface area contributed by atoms with Crippen LogP contribution in [-0.4, -0.2) is 20.4 Å². The van der Waals surface area contributed by atoms with Crippen molar-refractivity contribution in [1.29, 1.82) is 0 Å². The number of nitro groups is 1. The second-order valence-electron chi connectivity index (χ2n) is 6.05. The highest BCUT2D eigenvalue weighted by Crippen LogP contribution is 2.15. The van der Waals surface area contributed by atoms with Gasteiger partial charge >= 0.3 is 0 Å². The Balaban J connectivity index is 1.90. The van der Waals surface area contributed by atoms with Crippen molar-refractivity contribution < 1.29 is 9.31 Å². The zero-order valence-corrected chi connectivity index (χ0v) is 14.8. The minimum Gasteiger partial charge on any atom is -0.295 e. The fraction of sp³-hybridized carbons (Fsp3) is 0.158. The molecule has 1 aromatic heterocycles. The maximum Gasteiger partial charge on any atom is 0.280 e. The first-order valence-electron chi connectivity index (χ1n) is 8.19. The average molecular weight is 368 g/mol. The van der Waals surface area contributed by atoms with Crippen LogP contribution in [0.25, 0.3) is 5.69 Å². The second kappa shape index (κ2) is 7.36. The van der Waals surface area contributed by atoms with Crippen molar-refractivity contribution in [3.8, 4) is 5.69 Å². The average Bonchev–Trinajstić information content (AvgIpc) is 2.95.